The Bertz CT molecular complexity index is 934. The molecule has 2 aromatic rings. The number of benzene rings is 2. The number of sulfonamides is 1. The van der Waals surface area contributed by atoms with Crippen molar-refractivity contribution in [2.45, 2.75) is 4.90 Å². The number of hydrogen-bond acceptors (Lipinski definition) is 4. The van der Waals surface area contributed by atoms with Gasteiger partial charge in [0.15, 0.2) is 0 Å². The largest absolute Gasteiger partial charge is 0.336 e. The standard InChI is InChI=1S/C21H25N3O3S/c1-22-28(26,27)20-11-5-10-19(17-20)21(25)24-15-13-23(14-16-24)12-6-9-18-7-3-2-4-8-18/h2-11,17,22H,12-16H2,1H3. The van der Waals surface area contributed by atoms with Gasteiger partial charge in [-0.3, -0.25) is 9.69 Å². The van der Waals surface area contributed by atoms with Crippen LogP contribution in [0.25, 0.3) is 6.08 Å². The number of carbonyl (C=O) groups is 1. The van der Waals surface area contributed by atoms with Crippen molar-refractivity contribution < 1.29 is 13.2 Å². The molecule has 2 aromatic carbocycles. The maximum atomic E-state index is 12.8. The number of amides is 1. The summed E-state index contributed by atoms with van der Waals surface area (Å²) in [6.07, 6.45) is 4.24. The summed E-state index contributed by atoms with van der Waals surface area (Å²) in [5.41, 5.74) is 1.57. The van der Waals surface area contributed by atoms with Crippen molar-refractivity contribution in [3.05, 3.63) is 71.8 Å². The minimum atomic E-state index is -3.56. The number of carbonyl (C=O) groups excluding carboxylic acids is 1. The van der Waals surface area contributed by atoms with E-state index in [1.54, 1.807) is 17.0 Å². The molecule has 0 radical (unpaired) electrons. The van der Waals surface area contributed by atoms with E-state index >= 15 is 0 Å². The number of hydrogen-bond donors (Lipinski definition) is 1. The molecule has 28 heavy (non-hydrogen) atoms. The first-order chi connectivity index (χ1) is 13.5. The van der Waals surface area contributed by atoms with E-state index < -0.39 is 10.0 Å². The van der Waals surface area contributed by atoms with Crippen LogP contribution >= 0.6 is 0 Å². The molecule has 1 heterocycles. The zero-order valence-corrected chi connectivity index (χ0v) is 16.7. The molecule has 0 aromatic heterocycles. The summed E-state index contributed by atoms with van der Waals surface area (Å²) in [5.74, 6) is -0.132. The Morgan fingerprint density at radius 2 is 1.75 bits per heavy atom. The first-order valence-corrected chi connectivity index (χ1v) is 10.7. The lowest BCUT2D eigenvalue weighted by atomic mass is 10.1. The maximum Gasteiger partial charge on any atom is 0.253 e. The van der Waals surface area contributed by atoms with Gasteiger partial charge in [-0.15, -0.1) is 0 Å². The third-order valence-corrected chi connectivity index (χ3v) is 6.20. The molecule has 1 saturated heterocycles. The number of nitrogens with one attached hydrogen (secondary N) is 1. The molecule has 0 saturated carbocycles. The third-order valence-electron chi connectivity index (χ3n) is 4.79. The second-order valence-corrected chi connectivity index (χ2v) is 8.53. The zero-order chi connectivity index (χ0) is 20.0. The Balaban J connectivity index is 1.55. The predicted octanol–water partition coefficient (Wildman–Crippen LogP) is 2.07. The molecule has 0 unspecified atom stereocenters. The van der Waals surface area contributed by atoms with Crippen LogP contribution in [0.3, 0.4) is 0 Å². The molecule has 0 atom stereocenters. The first-order valence-electron chi connectivity index (χ1n) is 9.26. The van der Waals surface area contributed by atoms with Gasteiger partial charge < -0.3 is 4.90 Å². The highest BCUT2D eigenvalue weighted by atomic mass is 32.2. The van der Waals surface area contributed by atoms with E-state index in [2.05, 4.69) is 33.9 Å². The Kier molecular flexibility index (Phi) is 6.61. The van der Waals surface area contributed by atoms with Crippen LogP contribution in [0, 0.1) is 0 Å². The van der Waals surface area contributed by atoms with Crippen molar-refractivity contribution in [3.63, 3.8) is 0 Å². The number of piperazine rings is 1. The van der Waals surface area contributed by atoms with Gasteiger partial charge in [0.1, 0.15) is 0 Å². The highest BCUT2D eigenvalue weighted by Gasteiger charge is 2.22. The van der Waals surface area contributed by atoms with E-state index in [4.69, 9.17) is 0 Å². The summed E-state index contributed by atoms with van der Waals surface area (Å²) in [5, 5.41) is 0. The van der Waals surface area contributed by atoms with Crippen LogP contribution < -0.4 is 4.72 Å². The van der Waals surface area contributed by atoms with Gasteiger partial charge in [0.05, 0.1) is 4.90 Å². The number of nitrogens with zero attached hydrogens (tertiary/aromatic N) is 2. The molecule has 1 N–H and O–H groups in total. The molecule has 0 spiro atoms. The predicted molar refractivity (Wildman–Crippen MR) is 111 cm³/mol. The van der Waals surface area contributed by atoms with E-state index in [1.807, 2.05) is 18.2 Å². The Morgan fingerprint density at radius 3 is 2.43 bits per heavy atom. The molecular weight excluding hydrogens is 374 g/mol. The van der Waals surface area contributed by atoms with E-state index in [9.17, 15) is 13.2 Å². The Labute approximate surface area is 166 Å². The fourth-order valence-electron chi connectivity index (χ4n) is 3.13. The Morgan fingerprint density at radius 1 is 1.04 bits per heavy atom. The molecule has 1 amide bonds. The van der Waals surface area contributed by atoms with Crippen LogP contribution in [-0.4, -0.2) is 63.9 Å². The summed E-state index contributed by atoms with van der Waals surface area (Å²) in [4.78, 5) is 16.9. The zero-order valence-electron chi connectivity index (χ0n) is 15.9. The summed E-state index contributed by atoms with van der Waals surface area (Å²) in [6, 6.07) is 16.3. The van der Waals surface area contributed by atoms with Gasteiger partial charge in [0, 0.05) is 38.3 Å². The van der Waals surface area contributed by atoms with Gasteiger partial charge in [0.2, 0.25) is 10.0 Å². The van der Waals surface area contributed by atoms with Crippen LogP contribution in [0.5, 0.6) is 0 Å². The molecule has 148 valence electrons. The molecule has 6 nitrogen and oxygen atoms in total. The summed E-state index contributed by atoms with van der Waals surface area (Å²) in [6.45, 7) is 3.67. The van der Waals surface area contributed by atoms with Crippen LogP contribution in [0.15, 0.2) is 65.6 Å². The quantitative estimate of drug-likeness (QED) is 0.807. The SMILES string of the molecule is CNS(=O)(=O)c1cccc(C(=O)N2CCN(CC=Cc3ccccc3)CC2)c1. The average Bonchev–Trinajstić information content (AvgIpc) is 2.74. The highest BCUT2D eigenvalue weighted by Crippen LogP contribution is 2.14. The normalized spacial score (nSPS) is 15.8. The fraction of sp³-hybridized carbons (Fsp3) is 0.286. The van der Waals surface area contributed by atoms with Gasteiger partial charge in [-0.1, -0.05) is 48.6 Å². The van der Waals surface area contributed by atoms with Crippen LogP contribution in [-0.2, 0) is 10.0 Å². The van der Waals surface area contributed by atoms with Gasteiger partial charge in [-0.05, 0) is 30.8 Å². The topological polar surface area (TPSA) is 69.7 Å². The van der Waals surface area contributed by atoms with E-state index in [1.165, 1.54) is 24.7 Å². The monoisotopic (exact) mass is 399 g/mol. The van der Waals surface area contributed by atoms with Crippen LogP contribution in [0.2, 0.25) is 0 Å². The first kappa shape index (κ1) is 20.3. The van der Waals surface area contributed by atoms with Gasteiger partial charge in [0.25, 0.3) is 5.91 Å². The van der Waals surface area contributed by atoms with Crippen molar-refractivity contribution in [3.8, 4) is 0 Å². The second-order valence-electron chi connectivity index (χ2n) is 6.64. The van der Waals surface area contributed by atoms with Crippen LogP contribution in [0.4, 0.5) is 0 Å². The van der Waals surface area contributed by atoms with Crippen molar-refractivity contribution >= 4 is 22.0 Å². The smallest absolute Gasteiger partial charge is 0.253 e. The summed E-state index contributed by atoms with van der Waals surface area (Å²) >= 11 is 0. The van der Waals surface area contributed by atoms with Crippen LogP contribution in [0.1, 0.15) is 15.9 Å². The summed E-state index contributed by atoms with van der Waals surface area (Å²) < 4.78 is 26.2. The highest BCUT2D eigenvalue weighted by molar-refractivity contribution is 7.89. The minimum Gasteiger partial charge on any atom is -0.336 e. The molecular formula is C21H25N3O3S. The van der Waals surface area contributed by atoms with E-state index in [0.717, 1.165) is 19.6 Å². The van der Waals surface area contributed by atoms with Crippen molar-refractivity contribution in [1.82, 2.24) is 14.5 Å². The van der Waals surface area contributed by atoms with Crippen molar-refractivity contribution in [2.75, 3.05) is 39.8 Å². The fourth-order valence-corrected chi connectivity index (χ4v) is 3.91. The van der Waals surface area contributed by atoms with Gasteiger partial charge in [-0.25, -0.2) is 13.1 Å². The molecule has 0 bridgehead atoms. The summed E-state index contributed by atoms with van der Waals surface area (Å²) in [7, 11) is -2.21. The molecule has 1 aliphatic heterocycles. The van der Waals surface area contributed by atoms with Gasteiger partial charge in [-0.2, -0.15) is 0 Å². The lowest BCUT2D eigenvalue weighted by Gasteiger charge is -2.34. The molecule has 7 heteroatoms. The number of rotatable bonds is 6. The Hall–Kier alpha value is -2.48. The molecule has 1 fully saturated rings. The molecule has 1 aliphatic rings. The minimum absolute atomic E-state index is 0.102. The van der Waals surface area contributed by atoms with Crippen molar-refractivity contribution in [1.29, 1.82) is 0 Å². The van der Waals surface area contributed by atoms with Gasteiger partial charge >= 0.3 is 0 Å². The van der Waals surface area contributed by atoms with E-state index in [0.29, 0.717) is 18.7 Å². The lowest BCUT2D eigenvalue weighted by Crippen LogP contribution is -2.48. The molecule has 3 rings (SSSR count). The molecule has 0 aliphatic carbocycles. The van der Waals surface area contributed by atoms with E-state index in [-0.39, 0.29) is 10.8 Å². The third kappa shape index (κ3) is 5.07. The average molecular weight is 400 g/mol. The van der Waals surface area contributed by atoms with Crippen molar-refractivity contribution in [2.24, 2.45) is 0 Å². The maximum absolute atomic E-state index is 12.8. The second kappa shape index (κ2) is 9.14. The lowest BCUT2D eigenvalue weighted by molar-refractivity contribution is 0.0650.